The minimum Gasteiger partial charge on any atom is -0.325 e. The number of benzene rings is 1. The third-order valence-corrected chi connectivity index (χ3v) is 4.67. The van der Waals surface area contributed by atoms with Crippen molar-refractivity contribution >= 4 is 0 Å². The van der Waals surface area contributed by atoms with Crippen LogP contribution in [0.4, 0.5) is 0 Å². The van der Waals surface area contributed by atoms with E-state index < -0.39 is 0 Å². The van der Waals surface area contributed by atoms with Gasteiger partial charge >= 0.3 is 0 Å². The Bertz CT molecular complexity index is 351. The van der Waals surface area contributed by atoms with Crippen molar-refractivity contribution in [1.82, 2.24) is 0 Å². The zero-order chi connectivity index (χ0) is 15.6. The van der Waals surface area contributed by atoms with E-state index in [1.165, 1.54) is 50.5 Å². The number of rotatable bonds is 11. The van der Waals surface area contributed by atoms with Gasteiger partial charge in [-0.05, 0) is 24.8 Å². The summed E-state index contributed by atoms with van der Waals surface area (Å²) in [6.07, 6.45) is 11.1. The molecule has 120 valence electrons. The largest absolute Gasteiger partial charge is 0.325 e. The Morgan fingerprint density at radius 3 is 2.00 bits per heavy atom. The van der Waals surface area contributed by atoms with Crippen molar-refractivity contribution < 1.29 is 0 Å². The average Bonchev–Trinajstić information content (AvgIpc) is 2.48. The van der Waals surface area contributed by atoms with Crippen molar-refractivity contribution in [2.75, 3.05) is 0 Å². The molecule has 1 rings (SSSR count). The molecule has 1 heteroatoms. The molecule has 0 fully saturated rings. The van der Waals surface area contributed by atoms with E-state index in [1.807, 2.05) is 0 Å². The molecule has 0 radical (unpaired) electrons. The Hall–Kier alpha value is -0.820. The van der Waals surface area contributed by atoms with Crippen LogP contribution in [0.1, 0.15) is 90.0 Å². The van der Waals surface area contributed by atoms with Crippen molar-refractivity contribution in [1.29, 1.82) is 0 Å². The van der Waals surface area contributed by atoms with Crippen LogP contribution >= 0.6 is 0 Å². The Morgan fingerprint density at radius 2 is 1.48 bits per heavy atom. The summed E-state index contributed by atoms with van der Waals surface area (Å²) in [6.45, 7) is 6.79. The smallest absolute Gasteiger partial charge is 0.0223 e. The first-order valence-corrected chi connectivity index (χ1v) is 9.01. The van der Waals surface area contributed by atoms with Crippen LogP contribution in [0.2, 0.25) is 0 Å². The molecule has 0 amide bonds. The van der Waals surface area contributed by atoms with Crippen molar-refractivity contribution in [2.24, 2.45) is 5.73 Å². The summed E-state index contributed by atoms with van der Waals surface area (Å²) in [5, 5.41) is 0. The summed E-state index contributed by atoms with van der Waals surface area (Å²) in [5.41, 5.74) is 8.32. The summed E-state index contributed by atoms with van der Waals surface area (Å²) >= 11 is 0. The lowest BCUT2D eigenvalue weighted by atomic mass is 9.72. The predicted molar refractivity (Wildman–Crippen MR) is 94.7 cm³/mol. The van der Waals surface area contributed by atoms with Crippen LogP contribution in [0.15, 0.2) is 30.3 Å². The van der Waals surface area contributed by atoms with E-state index in [-0.39, 0.29) is 5.54 Å². The van der Waals surface area contributed by atoms with Crippen LogP contribution in [0.25, 0.3) is 0 Å². The molecule has 0 heterocycles. The second-order valence-electron chi connectivity index (χ2n) is 6.55. The summed E-state index contributed by atoms with van der Waals surface area (Å²) in [7, 11) is 0. The summed E-state index contributed by atoms with van der Waals surface area (Å²) in [5.74, 6) is 0.510. The van der Waals surface area contributed by atoms with Gasteiger partial charge in [-0.3, -0.25) is 0 Å². The van der Waals surface area contributed by atoms with E-state index in [4.69, 9.17) is 5.73 Å². The standard InChI is InChI=1S/C20H35N/c1-4-7-8-12-15-19(18-13-10-9-11-14-18)20(21,16-5-2)17-6-3/h9-11,13-14,19H,4-8,12,15-17,21H2,1-3H3. The van der Waals surface area contributed by atoms with Crippen molar-refractivity contribution in [3.63, 3.8) is 0 Å². The highest BCUT2D eigenvalue weighted by Gasteiger charge is 2.33. The van der Waals surface area contributed by atoms with Gasteiger partial charge in [0, 0.05) is 11.5 Å². The molecule has 1 aromatic rings. The SMILES string of the molecule is CCCCCCC(c1ccccc1)C(N)(CCC)CCC. The monoisotopic (exact) mass is 289 g/mol. The summed E-state index contributed by atoms with van der Waals surface area (Å²) in [4.78, 5) is 0. The minimum atomic E-state index is -0.0307. The highest BCUT2D eigenvalue weighted by Crippen LogP contribution is 2.37. The molecule has 2 N–H and O–H groups in total. The van der Waals surface area contributed by atoms with Crippen LogP contribution in [0.3, 0.4) is 0 Å². The van der Waals surface area contributed by atoms with Crippen LogP contribution in [0.5, 0.6) is 0 Å². The maximum absolute atomic E-state index is 6.91. The Labute approximate surface area is 132 Å². The van der Waals surface area contributed by atoms with E-state index in [1.54, 1.807) is 0 Å². The van der Waals surface area contributed by atoms with Gasteiger partial charge in [0.15, 0.2) is 0 Å². The van der Waals surface area contributed by atoms with Gasteiger partial charge in [0.2, 0.25) is 0 Å². The fourth-order valence-corrected chi connectivity index (χ4v) is 3.65. The topological polar surface area (TPSA) is 26.0 Å². The molecule has 0 spiro atoms. The van der Waals surface area contributed by atoms with Crippen LogP contribution in [0, 0.1) is 0 Å². The molecule has 1 unspecified atom stereocenters. The van der Waals surface area contributed by atoms with Gasteiger partial charge in [-0.25, -0.2) is 0 Å². The first-order valence-electron chi connectivity index (χ1n) is 9.01. The molecule has 0 aliphatic rings. The van der Waals surface area contributed by atoms with E-state index in [2.05, 4.69) is 51.1 Å². The van der Waals surface area contributed by atoms with Gasteiger partial charge in [-0.1, -0.05) is 89.6 Å². The maximum Gasteiger partial charge on any atom is 0.0223 e. The molecule has 0 aliphatic heterocycles. The zero-order valence-corrected chi connectivity index (χ0v) is 14.4. The van der Waals surface area contributed by atoms with Crippen molar-refractivity contribution in [3.8, 4) is 0 Å². The predicted octanol–water partition coefficient (Wildman–Crippen LogP) is 6.04. The fourth-order valence-electron chi connectivity index (χ4n) is 3.65. The van der Waals surface area contributed by atoms with Crippen molar-refractivity contribution in [2.45, 2.75) is 90.0 Å². The first-order chi connectivity index (χ1) is 10.2. The van der Waals surface area contributed by atoms with Gasteiger partial charge in [-0.15, -0.1) is 0 Å². The molecule has 0 bridgehead atoms. The molecule has 1 nitrogen and oxygen atoms in total. The van der Waals surface area contributed by atoms with Crippen LogP contribution < -0.4 is 5.73 Å². The maximum atomic E-state index is 6.91. The molecule has 1 atom stereocenters. The summed E-state index contributed by atoms with van der Waals surface area (Å²) in [6, 6.07) is 11.0. The van der Waals surface area contributed by atoms with Gasteiger partial charge in [0.1, 0.15) is 0 Å². The second-order valence-corrected chi connectivity index (χ2v) is 6.55. The Kier molecular flexibility index (Phi) is 8.68. The zero-order valence-electron chi connectivity index (χ0n) is 14.4. The molecular weight excluding hydrogens is 254 g/mol. The molecule has 0 aliphatic carbocycles. The van der Waals surface area contributed by atoms with E-state index in [9.17, 15) is 0 Å². The number of hydrogen-bond acceptors (Lipinski definition) is 1. The lowest BCUT2D eigenvalue weighted by Crippen LogP contribution is -2.45. The average molecular weight is 290 g/mol. The third-order valence-electron chi connectivity index (χ3n) is 4.67. The molecule has 21 heavy (non-hydrogen) atoms. The van der Waals surface area contributed by atoms with E-state index in [0.717, 1.165) is 12.8 Å². The quantitative estimate of drug-likeness (QED) is 0.494. The Balaban J connectivity index is 2.88. The van der Waals surface area contributed by atoms with Crippen LogP contribution in [-0.4, -0.2) is 5.54 Å². The van der Waals surface area contributed by atoms with Gasteiger partial charge < -0.3 is 5.73 Å². The lowest BCUT2D eigenvalue weighted by Gasteiger charge is -2.38. The molecule has 0 saturated heterocycles. The number of hydrogen-bond donors (Lipinski definition) is 1. The van der Waals surface area contributed by atoms with Crippen LogP contribution in [-0.2, 0) is 0 Å². The van der Waals surface area contributed by atoms with E-state index in [0.29, 0.717) is 5.92 Å². The van der Waals surface area contributed by atoms with Gasteiger partial charge in [0.25, 0.3) is 0 Å². The highest BCUT2D eigenvalue weighted by molar-refractivity contribution is 5.24. The van der Waals surface area contributed by atoms with Gasteiger partial charge in [-0.2, -0.15) is 0 Å². The number of unbranched alkanes of at least 4 members (excludes halogenated alkanes) is 3. The molecular formula is C20H35N. The first kappa shape index (κ1) is 18.2. The fraction of sp³-hybridized carbons (Fsp3) is 0.700. The summed E-state index contributed by atoms with van der Waals surface area (Å²) < 4.78 is 0. The van der Waals surface area contributed by atoms with E-state index >= 15 is 0 Å². The highest BCUT2D eigenvalue weighted by atomic mass is 14.8. The minimum absolute atomic E-state index is 0.0307. The molecule has 1 aromatic carbocycles. The van der Waals surface area contributed by atoms with Gasteiger partial charge in [0.05, 0.1) is 0 Å². The molecule has 0 saturated carbocycles. The van der Waals surface area contributed by atoms with Crippen molar-refractivity contribution in [3.05, 3.63) is 35.9 Å². The molecule has 0 aromatic heterocycles. The lowest BCUT2D eigenvalue weighted by molar-refractivity contribution is 0.275. The third kappa shape index (κ3) is 5.82. The second kappa shape index (κ2) is 10.00. The normalized spacial score (nSPS) is 13.3. The Morgan fingerprint density at radius 1 is 0.857 bits per heavy atom. The number of nitrogens with two attached hydrogens (primary N) is 1.